The molecule has 0 atom stereocenters. The lowest BCUT2D eigenvalue weighted by atomic mass is 10.2. The number of thioether (sulfide) groups is 1. The van der Waals surface area contributed by atoms with Crippen molar-refractivity contribution in [2.75, 3.05) is 44.4 Å². The summed E-state index contributed by atoms with van der Waals surface area (Å²) in [6.07, 6.45) is 10.9. The molecule has 0 radical (unpaired) electrons. The van der Waals surface area contributed by atoms with Gasteiger partial charge in [0.1, 0.15) is 11.1 Å². The van der Waals surface area contributed by atoms with Crippen LogP contribution >= 0.6 is 11.8 Å². The Morgan fingerprint density at radius 2 is 1.53 bits per heavy atom. The molecule has 0 fully saturated rings. The zero-order valence-corrected chi connectivity index (χ0v) is 31.3. The number of hydrogen-bond acceptors (Lipinski definition) is 17. The summed E-state index contributed by atoms with van der Waals surface area (Å²) in [6.45, 7) is 4.35. The second-order valence-electron chi connectivity index (χ2n) is 10.8. The van der Waals surface area contributed by atoms with Crippen molar-refractivity contribution in [2.24, 2.45) is 0 Å². The summed E-state index contributed by atoms with van der Waals surface area (Å²) in [6, 6.07) is 12.5. The minimum atomic E-state index is -0.571. The van der Waals surface area contributed by atoms with E-state index in [1.54, 1.807) is 71.1 Å². The van der Waals surface area contributed by atoms with Gasteiger partial charge in [-0.3, -0.25) is 25.6 Å². The third-order valence-corrected chi connectivity index (χ3v) is 7.90. The number of aromatic nitrogens is 8. The van der Waals surface area contributed by atoms with Crippen molar-refractivity contribution in [3.63, 3.8) is 0 Å². The number of methoxy groups -OCH3 is 2. The Labute approximate surface area is 319 Å². The van der Waals surface area contributed by atoms with E-state index in [-0.39, 0.29) is 30.2 Å². The normalized spacial score (nSPS) is 10.4. The molecule has 0 unspecified atom stereocenters. The number of amides is 1. The Kier molecular flexibility index (Phi) is 13.8. The van der Waals surface area contributed by atoms with E-state index in [2.05, 4.69) is 51.2 Å². The summed E-state index contributed by atoms with van der Waals surface area (Å²) in [5.41, 5.74) is 7.84. The first-order chi connectivity index (χ1) is 26.8. The monoisotopic (exact) mass is 767 g/mol. The van der Waals surface area contributed by atoms with E-state index in [1.807, 2.05) is 24.3 Å². The van der Waals surface area contributed by atoms with Gasteiger partial charge in [-0.15, -0.1) is 5.10 Å². The van der Waals surface area contributed by atoms with Crippen LogP contribution in [-0.2, 0) is 16.0 Å². The molecule has 1 aromatic carbocycles. The Balaban J connectivity index is 0.000000223. The van der Waals surface area contributed by atoms with Gasteiger partial charge in [0.2, 0.25) is 5.95 Å². The summed E-state index contributed by atoms with van der Waals surface area (Å²) in [5, 5.41) is 8.24. The molecule has 6 rings (SSSR count). The van der Waals surface area contributed by atoms with Gasteiger partial charge in [0.15, 0.2) is 33.9 Å². The fourth-order valence-corrected chi connectivity index (χ4v) is 5.08. The first-order valence-electron chi connectivity index (χ1n) is 16.6. The standard InChI is InChI=1S/C22H22N6O4.C14H15N5O3S/c1-4-32-21(29)16-13-25-22(24-11-14-7-8-17(30-2)18(10-14)31-3)28-20(16)26-19(27-28)15-6-5-9-23-12-15;1-3-22-13(21)10-8-16-14(23-2)17-11(10)18-19-12(20)9-5-4-6-15-7-9/h5-10,12-13H,4,11H2,1-3H3,(H,24,25);4-8H,3H2,1-2H3,(H,19,20)(H,16,17,18). The van der Waals surface area contributed by atoms with E-state index in [1.165, 1.54) is 34.9 Å². The summed E-state index contributed by atoms with van der Waals surface area (Å²) in [7, 11) is 3.18. The number of ether oxygens (including phenoxy) is 4. The van der Waals surface area contributed by atoms with Crippen molar-refractivity contribution >= 4 is 47.0 Å². The Morgan fingerprint density at radius 3 is 2.18 bits per heavy atom. The molecule has 5 aromatic heterocycles. The van der Waals surface area contributed by atoms with Crippen LogP contribution in [0.3, 0.4) is 0 Å². The molecule has 0 saturated carbocycles. The van der Waals surface area contributed by atoms with Gasteiger partial charge in [-0.2, -0.15) is 4.52 Å². The second-order valence-corrected chi connectivity index (χ2v) is 11.6. The smallest absolute Gasteiger partial charge is 0.343 e. The quantitative estimate of drug-likeness (QED) is 0.0600. The molecule has 0 saturated heterocycles. The number of pyridine rings is 2. The number of nitrogens with one attached hydrogen (secondary N) is 3. The van der Waals surface area contributed by atoms with Gasteiger partial charge in [-0.05, 0) is 62.1 Å². The van der Waals surface area contributed by atoms with Gasteiger partial charge >= 0.3 is 11.9 Å². The number of nitrogens with zero attached hydrogens (tertiary/aromatic N) is 8. The minimum Gasteiger partial charge on any atom is -0.493 e. The van der Waals surface area contributed by atoms with Crippen LogP contribution < -0.4 is 25.6 Å². The SMILES string of the molecule is CCOC(=O)c1cnc(NCc2ccc(OC)c(OC)c2)n2nc(-c3cccnc3)nc12.CCOC(=O)c1cnc(SC)nc1NNC(=O)c1cccnc1. The number of benzene rings is 1. The van der Waals surface area contributed by atoms with Gasteiger partial charge in [-0.25, -0.2) is 29.5 Å². The largest absolute Gasteiger partial charge is 0.493 e. The van der Waals surface area contributed by atoms with Crippen molar-refractivity contribution in [2.45, 2.75) is 25.5 Å². The number of hydrogen-bond donors (Lipinski definition) is 3. The first kappa shape index (κ1) is 39.3. The van der Waals surface area contributed by atoms with E-state index in [9.17, 15) is 14.4 Å². The molecular formula is C36H37N11O7S. The number of rotatable bonds is 14. The topological polar surface area (TPSA) is 219 Å². The van der Waals surface area contributed by atoms with Gasteiger partial charge in [-0.1, -0.05) is 17.8 Å². The van der Waals surface area contributed by atoms with Crippen LogP contribution in [0.1, 0.15) is 50.5 Å². The lowest BCUT2D eigenvalue weighted by Crippen LogP contribution is -2.31. The van der Waals surface area contributed by atoms with Crippen LogP contribution in [-0.4, -0.2) is 91.1 Å². The van der Waals surface area contributed by atoms with Crippen molar-refractivity contribution < 1.29 is 33.3 Å². The predicted octanol–water partition coefficient (Wildman–Crippen LogP) is 4.52. The van der Waals surface area contributed by atoms with E-state index >= 15 is 0 Å². The summed E-state index contributed by atoms with van der Waals surface area (Å²) in [4.78, 5) is 61.4. The number of carbonyl (C=O) groups is 3. The highest BCUT2D eigenvalue weighted by Gasteiger charge is 2.20. The van der Waals surface area contributed by atoms with Crippen LogP contribution in [0.2, 0.25) is 0 Å². The number of fused-ring (bicyclic) bond motifs is 1. The molecule has 0 bridgehead atoms. The average Bonchev–Trinajstić information content (AvgIpc) is 3.69. The van der Waals surface area contributed by atoms with Gasteiger partial charge in [0.25, 0.3) is 5.91 Å². The van der Waals surface area contributed by atoms with Crippen molar-refractivity contribution in [3.05, 3.63) is 102 Å². The predicted molar refractivity (Wildman–Crippen MR) is 202 cm³/mol. The van der Waals surface area contributed by atoms with Gasteiger partial charge in [0.05, 0.1) is 33.0 Å². The third kappa shape index (κ3) is 9.96. The highest BCUT2D eigenvalue weighted by Crippen LogP contribution is 2.28. The van der Waals surface area contributed by atoms with Gasteiger partial charge in [0, 0.05) is 49.3 Å². The number of carbonyl (C=O) groups excluding carboxylic acids is 3. The molecule has 3 N–H and O–H groups in total. The third-order valence-electron chi connectivity index (χ3n) is 7.34. The fourth-order valence-electron chi connectivity index (χ4n) is 4.74. The van der Waals surface area contributed by atoms with Gasteiger partial charge < -0.3 is 24.3 Å². The highest BCUT2D eigenvalue weighted by atomic mass is 32.2. The summed E-state index contributed by atoms with van der Waals surface area (Å²) in [5.74, 6) is 0.795. The van der Waals surface area contributed by atoms with Crippen LogP contribution in [0.25, 0.3) is 17.0 Å². The van der Waals surface area contributed by atoms with Crippen molar-refractivity contribution in [1.29, 1.82) is 0 Å². The maximum absolute atomic E-state index is 12.4. The fraction of sp³-hybridized carbons (Fsp3) is 0.222. The minimum absolute atomic E-state index is 0.135. The zero-order chi connectivity index (χ0) is 39.2. The summed E-state index contributed by atoms with van der Waals surface area (Å²) >= 11 is 1.31. The average molecular weight is 768 g/mol. The molecule has 0 aliphatic carbocycles. The number of anilines is 2. The Morgan fingerprint density at radius 1 is 0.818 bits per heavy atom. The van der Waals surface area contributed by atoms with Crippen LogP contribution in [0.4, 0.5) is 11.8 Å². The van der Waals surface area contributed by atoms with E-state index < -0.39 is 17.8 Å². The maximum atomic E-state index is 12.4. The van der Waals surface area contributed by atoms with E-state index in [0.717, 1.165) is 11.1 Å². The van der Waals surface area contributed by atoms with E-state index in [0.29, 0.717) is 46.2 Å². The second kappa shape index (κ2) is 19.3. The highest BCUT2D eigenvalue weighted by molar-refractivity contribution is 7.98. The molecule has 18 nitrogen and oxygen atoms in total. The van der Waals surface area contributed by atoms with Crippen LogP contribution in [0, 0.1) is 0 Å². The van der Waals surface area contributed by atoms with Crippen LogP contribution in [0.5, 0.6) is 11.5 Å². The zero-order valence-electron chi connectivity index (χ0n) is 30.5. The molecular weight excluding hydrogens is 731 g/mol. The lowest BCUT2D eigenvalue weighted by molar-refractivity contribution is 0.0517. The molecule has 19 heteroatoms. The molecule has 5 heterocycles. The molecule has 0 aliphatic rings. The molecule has 0 spiro atoms. The number of esters is 2. The maximum Gasteiger partial charge on any atom is 0.343 e. The molecule has 55 heavy (non-hydrogen) atoms. The molecule has 0 aliphatic heterocycles. The molecule has 1 amide bonds. The first-order valence-corrected chi connectivity index (χ1v) is 17.8. The Hall–Kier alpha value is -6.89. The lowest BCUT2D eigenvalue weighted by Gasteiger charge is -2.11. The molecule has 6 aromatic rings. The van der Waals surface area contributed by atoms with Crippen LogP contribution in [0.15, 0.2) is 84.8 Å². The van der Waals surface area contributed by atoms with Crippen molar-refractivity contribution in [1.82, 2.24) is 44.9 Å². The molecule has 284 valence electrons. The summed E-state index contributed by atoms with van der Waals surface area (Å²) < 4.78 is 22.2. The Bertz CT molecular complexity index is 2240. The van der Waals surface area contributed by atoms with E-state index in [4.69, 9.17) is 18.9 Å². The van der Waals surface area contributed by atoms with Crippen molar-refractivity contribution in [3.8, 4) is 22.9 Å². The number of hydrazine groups is 1.